The van der Waals surface area contributed by atoms with Crippen LogP contribution in [0.4, 0.5) is 5.69 Å². The summed E-state index contributed by atoms with van der Waals surface area (Å²) in [6.45, 7) is 5.61. The maximum absolute atomic E-state index is 12.2. The minimum absolute atomic E-state index is 0.0247. The van der Waals surface area contributed by atoms with Crippen molar-refractivity contribution >= 4 is 22.5 Å². The Morgan fingerprint density at radius 3 is 2.74 bits per heavy atom. The van der Waals surface area contributed by atoms with Gasteiger partial charge in [-0.3, -0.25) is 14.9 Å². The van der Waals surface area contributed by atoms with Crippen molar-refractivity contribution in [2.24, 2.45) is 5.41 Å². The summed E-state index contributed by atoms with van der Waals surface area (Å²) in [5, 5.41) is 23.4. The molecule has 0 aliphatic rings. The van der Waals surface area contributed by atoms with Gasteiger partial charge in [0.05, 0.1) is 17.4 Å². The highest BCUT2D eigenvalue weighted by Crippen LogP contribution is 2.24. The number of amides is 1. The molecule has 0 fully saturated rings. The number of aromatic amines is 1. The predicted octanol–water partition coefficient (Wildman–Crippen LogP) is 2.67. The fraction of sp³-hybridized carbons (Fsp3) is 0.375. The summed E-state index contributed by atoms with van der Waals surface area (Å²) in [4.78, 5) is 25.6. The second-order valence-electron chi connectivity index (χ2n) is 6.47. The van der Waals surface area contributed by atoms with Crippen molar-refractivity contribution in [2.45, 2.75) is 33.2 Å². The molecule has 23 heavy (non-hydrogen) atoms. The highest BCUT2D eigenvalue weighted by molar-refractivity contribution is 5.90. The molecule has 1 amide bonds. The van der Waals surface area contributed by atoms with Crippen LogP contribution >= 0.6 is 0 Å². The Morgan fingerprint density at radius 1 is 1.48 bits per heavy atom. The SMILES string of the molecule is CC(C)(C)[C@H](C#N)NC(=O)Cc1c[nH]c2ccc([N+](=O)[O-])cc12. The molecule has 1 atom stereocenters. The molecule has 0 aliphatic carbocycles. The Hall–Kier alpha value is -2.88. The van der Waals surface area contributed by atoms with Gasteiger partial charge < -0.3 is 10.3 Å². The van der Waals surface area contributed by atoms with Gasteiger partial charge in [0.25, 0.3) is 5.69 Å². The summed E-state index contributed by atoms with van der Waals surface area (Å²) in [5.74, 6) is -0.293. The normalized spacial score (nSPS) is 12.6. The quantitative estimate of drug-likeness (QED) is 0.667. The highest BCUT2D eigenvalue weighted by Gasteiger charge is 2.26. The van der Waals surface area contributed by atoms with Crippen molar-refractivity contribution in [1.82, 2.24) is 10.3 Å². The summed E-state index contributed by atoms with van der Waals surface area (Å²) in [5.41, 5.74) is 0.991. The van der Waals surface area contributed by atoms with Crippen molar-refractivity contribution in [3.63, 3.8) is 0 Å². The zero-order valence-corrected chi connectivity index (χ0v) is 13.2. The van der Waals surface area contributed by atoms with Crippen molar-refractivity contribution in [2.75, 3.05) is 0 Å². The Kier molecular flexibility index (Phi) is 4.36. The van der Waals surface area contributed by atoms with Gasteiger partial charge in [0.1, 0.15) is 6.04 Å². The zero-order valence-electron chi connectivity index (χ0n) is 13.2. The number of nitrogens with one attached hydrogen (secondary N) is 2. The van der Waals surface area contributed by atoms with Crippen LogP contribution < -0.4 is 5.32 Å². The predicted molar refractivity (Wildman–Crippen MR) is 85.7 cm³/mol. The van der Waals surface area contributed by atoms with Gasteiger partial charge in [-0.25, -0.2) is 0 Å². The van der Waals surface area contributed by atoms with Crippen LogP contribution in [0, 0.1) is 26.9 Å². The van der Waals surface area contributed by atoms with Crippen LogP contribution in [-0.2, 0) is 11.2 Å². The second-order valence-corrected chi connectivity index (χ2v) is 6.47. The van der Waals surface area contributed by atoms with E-state index in [-0.39, 0.29) is 23.4 Å². The molecule has 1 aromatic carbocycles. The summed E-state index contributed by atoms with van der Waals surface area (Å²) < 4.78 is 0. The molecule has 1 heterocycles. The zero-order chi connectivity index (χ0) is 17.2. The third-order valence-electron chi connectivity index (χ3n) is 3.61. The molecule has 2 N–H and O–H groups in total. The fourth-order valence-corrected chi connectivity index (χ4v) is 2.25. The third-order valence-corrected chi connectivity index (χ3v) is 3.61. The average Bonchev–Trinajstić information content (AvgIpc) is 2.85. The van der Waals surface area contributed by atoms with E-state index in [1.54, 1.807) is 12.3 Å². The van der Waals surface area contributed by atoms with E-state index in [2.05, 4.69) is 16.4 Å². The first-order valence-corrected chi connectivity index (χ1v) is 7.16. The van der Waals surface area contributed by atoms with Gasteiger partial charge in [-0.15, -0.1) is 0 Å². The van der Waals surface area contributed by atoms with E-state index in [1.807, 2.05) is 20.8 Å². The van der Waals surface area contributed by atoms with Gasteiger partial charge in [0.2, 0.25) is 5.91 Å². The molecule has 7 heteroatoms. The van der Waals surface area contributed by atoms with Crippen LogP contribution in [0.25, 0.3) is 10.9 Å². The van der Waals surface area contributed by atoms with Crippen molar-refractivity contribution in [3.05, 3.63) is 40.1 Å². The number of H-pyrrole nitrogens is 1. The molecule has 7 nitrogen and oxygen atoms in total. The first kappa shape index (κ1) is 16.5. The number of nitro benzene ring substituents is 1. The maximum atomic E-state index is 12.2. The van der Waals surface area contributed by atoms with Gasteiger partial charge in [-0.05, 0) is 17.0 Å². The molecule has 1 aromatic heterocycles. The molecule has 2 aromatic rings. The first-order chi connectivity index (χ1) is 10.7. The van der Waals surface area contributed by atoms with Crippen molar-refractivity contribution in [3.8, 4) is 6.07 Å². The fourth-order valence-electron chi connectivity index (χ4n) is 2.25. The maximum Gasteiger partial charge on any atom is 0.270 e. The Balaban J connectivity index is 2.21. The molecule has 0 aliphatic heterocycles. The monoisotopic (exact) mass is 314 g/mol. The lowest BCUT2D eigenvalue weighted by Gasteiger charge is -2.25. The highest BCUT2D eigenvalue weighted by atomic mass is 16.6. The van der Waals surface area contributed by atoms with E-state index in [0.717, 1.165) is 5.52 Å². The van der Waals surface area contributed by atoms with Crippen LogP contribution in [0.15, 0.2) is 24.4 Å². The number of non-ortho nitro benzene ring substituents is 1. The summed E-state index contributed by atoms with van der Waals surface area (Å²) in [6, 6.07) is 5.95. The number of carbonyl (C=O) groups is 1. The minimum atomic E-state index is -0.602. The standard InChI is InChI=1S/C16H18N4O3/c1-16(2,3)14(8-17)19-15(21)6-10-9-18-13-5-4-11(20(22)23)7-12(10)13/h4-5,7,9,14,18H,6H2,1-3H3,(H,19,21)/t14-/m0/s1. The molecule has 2 rings (SSSR count). The van der Waals surface area contributed by atoms with Crippen LogP contribution in [0.5, 0.6) is 0 Å². The Morgan fingerprint density at radius 2 is 2.17 bits per heavy atom. The van der Waals surface area contributed by atoms with Crippen LogP contribution in [-0.4, -0.2) is 21.9 Å². The number of fused-ring (bicyclic) bond motifs is 1. The van der Waals surface area contributed by atoms with Gasteiger partial charge >= 0.3 is 0 Å². The van der Waals surface area contributed by atoms with E-state index in [1.165, 1.54) is 12.1 Å². The van der Waals surface area contributed by atoms with Crippen molar-refractivity contribution < 1.29 is 9.72 Å². The smallest absolute Gasteiger partial charge is 0.270 e. The van der Waals surface area contributed by atoms with Gasteiger partial charge in [0.15, 0.2) is 0 Å². The second kappa shape index (κ2) is 6.08. The summed E-state index contributed by atoms with van der Waals surface area (Å²) in [7, 11) is 0. The lowest BCUT2D eigenvalue weighted by Crippen LogP contribution is -2.43. The first-order valence-electron chi connectivity index (χ1n) is 7.16. The number of benzene rings is 1. The molecule has 0 radical (unpaired) electrons. The van der Waals surface area contributed by atoms with E-state index < -0.39 is 11.0 Å². The number of carbonyl (C=O) groups excluding carboxylic acids is 1. The number of aromatic nitrogens is 1. The molecule has 0 saturated heterocycles. The van der Waals surface area contributed by atoms with Crippen LogP contribution in [0.3, 0.4) is 0 Å². The van der Waals surface area contributed by atoms with Crippen LogP contribution in [0.1, 0.15) is 26.3 Å². The molecular weight excluding hydrogens is 296 g/mol. The molecule has 0 saturated carbocycles. The van der Waals surface area contributed by atoms with Gasteiger partial charge in [-0.1, -0.05) is 20.8 Å². The van der Waals surface area contributed by atoms with E-state index in [0.29, 0.717) is 10.9 Å². The van der Waals surface area contributed by atoms with E-state index in [9.17, 15) is 14.9 Å². The molecular formula is C16H18N4O3. The van der Waals surface area contributed by atoms with Crippen molar-refractivity contribution in [1.29, 1.82) is 5.26 Å². The van der Waals surface area contributed by atoms with Gasteiger partial charge in [0, 0.05) is 29.2 Å². The summed E-state index contributed by atoms with van der Waals surface area (Å²) in [6.07, 6.45) is 1.71. The number of hydrogen-bond acceptors (Lipinski definition) is 4. The Labute approximate surface area is 133 Å². The number of rotatable bonds is 4. The number of nitrogens with zero attached hydrogens (tertiary/aromatic N) is 2. The third kappa shape index (κ3) is 3.66. The minimum Gasteiger partial charge on any atom is -0.361 e. The van der Waals surface area contributed by atoms with E-state index in [4.69, 9.17) is 5.26 Å². The number of nitriles is 1. The molecule has 120 valence electrons. The topological polar surface area (TPSA) is 112 Å². The average molecular weight is 314 g/mol. The largest absolute Gasteiger partial charge is 0.361 e. The van der Waals surface area contributed by atoms with Gasteiger partial charge in [-0.2, -0.15) is 5.26 Å². The molecule has 0 unspecified atom stereocenters. The Bertz CT molecular complexity index is 796. The molecule has 0 spiro atoms. The lowest BCUT2D eigenvalue weighted by molar-refractivity contribution is -0.384. The molecule has 0 bridgehead atoms. The van der Waals surface area contributed by atoms with E-state index >= 15 is 0 Å². The number of hydrogen-bond donors (Lipinski definition) is 2. The summed E-state index contributed by atoms with van der Waals surface area (Å²) >= 11 is 0. The lowest BCUT2D eigenvalue weighted by atomic mass is 9.87. The van der Waals surface area contributed by atoms with Crippen LogP contribution in [0.2, 0.25) is 0 Å². The number of nitro groups is 1.